The predicted octanol–water partition coefficient (Wildman–Crippen LogP) is 4.93. The first-order chi connectivity index (χ1) is 12.5. The number of hydrogen-bond acceptors (Lipinski definition) is 4. The summed E-state index contributed by atoms with van der Waals surface area (Å²) < 4.78 is 5.27. The fourth-order valence-corrected chi connectivity index (χ4v) is 2.59. The maximum Gasteiger partial charge on any atom is 0.338 e. The molecule has 0 aliphatic rings. The summed E-state index contributed by atoms with van der Waals surface area (Å²) in [4.78, 5) is 22.6. The molecule has 0 unspecified atom stereocenters. The largest absolute Gasteiger partial charge is 0.457 e. The molecule has 0 aliphatic carbocycles. The lowest BCUT2D eigenvalue weighted by Crippen LogP contribution is -2.06. The van der Waals surface area contributed by atoms with Gasteiger partial charge in [0, 0.05) is 11.6 Å². The highest BCUT2D eigenvalue weighted by molar-refractivity contribution is 5.90. The molecule has 26 heavy (non-hydrogen) atoms. The summed E-state index contributed by atoms with van der Waals surface area (Å²) in [7, 11) is 0. The quantitative estimate of drug-likeness (QED) is 0.373. The zero-order valence-corrected chi connectivity index (χ0v) is 14.2. The fraction of sp³-hybridized carbons (Fsp3) is 0.0952. The average Bonchev–Trinajstić information content (AvgIpc) is 2.67. The van der Waals surface area contributed by atoms with Gasteiger partial charge >= 0.3 is 5.97 Å². The smallest absolute Gasteiger partial charge is 0.338 e. The summed E-state index contributed by atoms with van der Waals surface area (Å²) >= 11 is 0. The molecule has 0 aliphatic heterocycles. The van der Waals surface area contributed by atoms with Gasteiger partial charge < -0.3 is 4.74 Å². The lowest BCUT2D eigenvalue weighted by Gasteiger charge is -2.07. The molecule has 0 aromatic heterocycles. The van der Waals surface area contributed by atoms with Crippen molar-refractivity contribution in [3.8, 4) is 11.1 Å². The minimum atomic E-state index is -0.583. The Hall–Kier alpha value is -3.47. The Balaban J connectivity index is 1.66. The standard InChI is InChI=1S/C21H17NO4/c1-15-7-10-19(13-20(15)22(24)25)21(23)26-14-16-8-11-18(12-9-16)17-5-3-2-4-6-17/h2-13H,14H2,1H3. The second-order valence-electron chi connectivity index (χ2n) is 5.90. The molecule has 0 bridgehead atoms. The van der Waals surface area contributed by atoms with E-state index in [2.05, 4.69) is 0 Å². The Labute approximate surface area is 151 Å². The molecule has 0 N–H and O–H groups in total. The SMILES string of the molecule is Cc1ccc(C(=O)OCc2ccc(-c3ccccc3)cc2)cc1[N+](=O)[O-]. The van der Waals surface area contributed by atoms with E-state index in [0.29, 0.717) is 5.56 Å². The van der Waals surface area contributed by atoms with Crippen LogP contribution in [0.2, 0.25) is 0 Å². The lowest BCUT2D eigenvalue weighted by atomic mass is 10.0. The van der Waals surface area contributed by atoms with Crippen LogP contribution < -0.4 is 0 Å². The van der Waals surface area contributed by atoms with Gasteiger partial charge in [0.25, 0.3) is 5.69 Å². The van der Waals surface area contributed by atoms with E-state index in [1.807, 2.05) is 54.6 Å². The molecule has 0 atom stereocenters. The van der Waals surface area contributed by atoms with Gasteiger partial charge in [-0.3, -0.25) is 10.1 Å². The zero-order chi connectivity index (χ0) is 18.5. The van der Waals surface area contributed by atoms with Crippen LogP contribution in [0.1, 0.15) is 21.5 Å². The fourth-order valence-electron chi connectivity index (χ4n) is 2.59. The van der Waals surface area contributed by atoms with Gasteiger partial charge in [0.2, 0.25) is 0 Å². The van der Waals surface area contributed by atoms with Crippen LogP contribution in [0, 0.1) is 17.0 Å². The Morgan fingerprint density at radius 1 is 0.962 bits per heavy atom. The molecule has 5 heteroatoms. The van der Waals surface area contributed by atoms with Crippen molar-refractivity contribution in [1.29, 1.82) is 0 Å². The summed E-state index contributed by atoms with van der Waals surface area (Å²) in [5.41, 5.74) is 3.62. The summed E-state index contributed by atoms with van der Waals surface area (Å²) in [6.07, 6.45) is 0. The highest BCUT2D eigenvalue weighted by Gasteiger charge is 2.16. The van der Waals surface area contributed by atoms with Crippen molar-refractivity contribution in [3.05, 3.63) is 99.6 Å². The van der Waals surface area contributed by atoms with Gasteiger partial charge in [-0.15, -0.1) is 0 Å². The Morgan fingerprint density at radius 3 is 2.27 bits per heavy atom. The van der Waals surface area contributed by atoms with Crippen molar-refractivity contribution in [2.75, 3.05) is 0 Å². The number of nitro groups is 1. The van der Waals surface area contributed by atoms with Crippen LogP contribution in [0.25, 0.3) is 11.1 Å². The summed E-state index contributed by atoms with van der Waals surface area (Å²) in [6, 6.07) is 22.0. The van der Waals surface area contributed by atoms with E-state index in [9.17, 15) is 14.9 Å². The van der Waals surface area contributed by atoms with Crippen molar-refractivity contribution < 1.29 is 14.5 Å². The first kappa shape index (κ1) is 17.4. The first-order valence-corrected chi connectivity index (χ1v) is 8.11. The third-order valence-corrected chi connectivity index (χ3v) is 4.07. The molecule has 130 valence electrons. The molecule has 0 spiro atoms. The number of carbonyl (C=O) groups is 1. The van der Waals surface area contributed by atoms with Gasteiger partial charge in [0.15, 0.2) is 0 Å². The number of nitrogens with zero attached hydrogens (tertiary/aromatic N) is 1. The Bertz CT molecular complexity index is 934. The van der Waals surface area contributed by atoms with E-state index in [1.54, 1.807) is 13.0 Å². The van der Waals surface area contributed by atoms with Crippen LogP contribution in [0.15, 0.2) is 72.8 Å². The van der Waals surface area contributed by atoms with Crippen LogP contribution in [-0.2, 0) is 11.3 Å². The molecular formula is C21H17NO4. The number of benzene rings is 3. The van der Waals surface area contributed by atoms with Crippen molar-refractivity contribution in [1.82, 2.24) is 0 Å². The Morgan fingerprint density at radius 2 is 1.62 bits per heavy atom. The van der Waals surface area contributed by atoms with Crippen molar-refractivity contribution >= 4 is 11.7 Å². The molecule has 3 aromatic rings. The van der Waals surface area contributed by atoms with E-state index in [-0.39, 0.29) is 17.9 Å². The maximum atomic E-state index is 12.1. The molecular weight excluding hydrogens is 330 g/mol. The maximum absolute atomic E-state index is 12.1. The molecule has 0 amide bonds. The van der Waals surface area contributed by atoms with Crippen LogP contribution in [-0.4, -0.2) is 10.9 Å². The minimum absolute atomic E-state index is 0.0911. The molecule has 0 radical (unpaired) electrons. The topological polar surface area (TPSA) is 69.4 Å². The van der Waals surface area contributed by atoms with Crippen LogP contribution in [0.4, 0.5) is 5.69 Å². The van der Waals surface area contributed by atoms with E-state index >= 15 is 0 Å². The first-order valence-electron chi connectivity index (χ1n) is 8.11. The van der Waals surface area contributed by atoms with Crippen molar-refractivity contribution in [3.63, 3.8) is 0 Å². The normalized spacial score (nSPS) is 10.3. The van der Waals surface area contributed by atoms with Gasteiger partial charge in [-0.25, -0.2) is 4.79 Å². The van der Waals surface area contributed by atoms with E-state index < -0.39 is 10.9 Å². The summed E-state index contributed by atoms with van der Waals surface area (Å²) in [5.74, 6) is -0.583. The third-order valence-electron chi connectivity index (χ3n) is 4.07. The highest BCUT2D eigenvalue weighted by atomic mass is 16.6. The summed E-state index contributed by atoms with van der Waals surface area (Å²) in [6.45, 7) is 1.73. The molecule has 5 nitrogen and oxygen atoms in total. The second-order valence-corrected chi connectivity index (χ2v) is 5.90. The van der Waals surface area contributed by atoms with Gasteiger partial charge in [0.1, 0.15) is 6.61 Å². The number of ether oxygens (including phenoxy) is 1. The lowest BCUT2D eigenvalue weighted by molar-refractivity contribution is -0.385. The Kier molecular flexibility index (Phi) is 5.08. The van der Waals surface area contributed by atoms with Crippen molar-refractivity contribution in [2.45, 2.75) is 13.5 Å². The van der Waals surface area contributed by atoms with E-state index in [0.717, 1.165) is 16.7 Å². The number of hydrogen-bond donors (Lipinski definition) is 0. The molecule has 3 rings (SSSR count). The molecule has 0 heterocycles. The second kappa shape index (κ2) is 7.61. The number of carbonyl (C=O) groups excluding carboxylic acids is 1. The third kappa shape index (κ3) is 3.95. The predicted molar refractivity (Wildman–Crippen MR) is 98.8 cm³/mol. The number of nitro benzene ring substituents is 1. The minimum Gasteiger partial charge on any atom is -0.457 e. The van der Waals surface area contributed by atoms with Gasteiger partial charge in [-0.05, 0) is 29.7 Å². The van der Waals surface area contributed by atoms with Gasteiger partial charge in [0.05, 0.1) is 10.5 Å². The van der Waals surface area contributed by atoms with Crippen LogP contribution in [0.5, 0.6) is 0 Å². The van der Waals surface area contributed by atoms with Crippen LogP contribution in [0.3, 0.4) is 0 Å². The highest BCUT2D eigenvalue weighted by Crippen LogP contribution is 2.21. The van der Waals surface area contributed by atoms with E-state index in [4.69, 9.17) is 4.74 Å². The van der Waals surface area contributed by atoms with Crippen molar-refractivity contribution in [2.24, 2.45) is 0 Å². The van der Waals surface area contributed by atoms with E-state index in [1.165, 1.54) is 12.1 Å². The summed E-state index contributed by atoms with van der Waals surface area (Å²) in [5, 5.41) is 11.0. The molecule has 0 saturated carbocycles. The van der Waals surface area contributed by atoms with Crippen LogP contribution >= 0.6 is 0 Å². The van der Waals surface area contributed by atoms with Gasteiger partial charge in [-0.1, -0.05) is 60.7 Å². The zero-order valence-electron chi connectivity index (χ0n) is 14.2. The molecule has 0 fully saturated rings. The monoisotopic (exact) mass is 347 g/mol. The molecule has 3 aromatic carbocycles. The number of rotatable bonds is 5. The number of esters is 1. The van der Waals surface area contributed by atoms with Gasteiger partial charge in [-0.2, -0.15) is 0 Å². The average molecular weight is 347 g/mol. The number of aryl methyl sites for hydroxylation is 1. The molecule has 0 saturated heterocycles.